The Kier molecular flexibility index (Phi) is 5.07. The fourth-order valence-corrected chi connectivity index (χ4v) is 2.12. The van der Waals surface area contributed by atoms with Crippen LogP contribution in [0.5, 0.6) is 5.75 Å². The molecule has 1 heterocycles. The molecule has 0 spiro atoms. The minimum Gasteiger partial charge on any atom is -0.406 e. The van der Waals surface area contributed by atoms with Gasteiger partial charge in [-0.05, 0) is 31.5 Å². The van der Waals surface area contributed by atoms with Crippen molar-refractivity contribution in [3.8, 4) is 5.75 Å². The lowest BCUT2D eigenvalue weighted by molar-refractivity contribution is -0.274. The van der Waals surface area contributed by atoms with Crippen LogP contribution >= 0.6 is 0 Å². The van der Waals surface area contributed by atoms with Crippen LogP contribution in [0.3, 0.4) is 0 Å². The fraction of sp³-hybridized carbons (Fsp3) is 0.400. The van der Waals surface area contributed by atoms with Crippen molar-refractivity contribution >= 4 is 0 Å². The number of hydrogen-bond acceptors (Lipinski definition) is 3. The van der Waals surface area contributed by atoms with Crippen LogP contribution in [0, 0.1) is 0 Å². The molecule has 120 valence electrons. The molecule has 0 aliphatic carbocycles. The number of aromatic nitrogens is 2. The Bertz CT molecular complexity index is 593. The molecule has 1 N–H and O–H groups in total. The normalized spacial score (nSPS) is 13.1. The van der Waals surface area contributed by atoms with Crippen LogP contribution < -0.4 is 10.1 Å². The van der Waals surface area contributed by atoms with E-state index in [-0.39, 0.29) is 11.8 Å². The van der Waals surface area contributed by atoms with Crippen molar-refractivity contribution in [3.63, 3.8) is 0 Å². The first-order valence-electron chi connectivity index (χ1n) is 6.98. The fourth-order valence-electron chi connectivity index (χ4n) is 2.12. The number of rotatable bonds is 6. The summed E-state index contributed by atoms with van der Waals surface area (Å²) in [6.07, 6.45) is -1.01. The Morgan fingerprint density at radius 1 is 1.27 bits per heavy atom. The summed E-state index contributed by atoms with van der Waals surface area (Å²) < 4.78 is 42.2. The standard InChI is InChI=1S/C15H18F3N3O/c1-3-21-9-8-19-14(21)10-20-11(2)12-4-6-13(7-5-12)22-15(16,17)18/h4-9,11,20H,3,10H2,1-2H3/t11-/m0/s1. The maximum atomic E-state index is 12.1. The van der Waals surface area contributed by atoms with Gasteiger partial charge < -0.3 is 14.6 Å². The molecule has 7 heteroatoms. The summed E-state index contributed by atoms with van der Waals surface area (Å²) in [6, 6.07) is 5.85. The van der Waals surface area contributed by atoms with Crippen molar-refractivity contribution in [2.45, 2.75) is 39.3 Å². The maximum Gasteiger partial charge on any atom is 0.573 e. The summed E-state index contributed by atoms with van der Waals surface area (Å²) in [6.45, 7) is 5.41. The highest BCUT2D eigenvalue weighted by molar-refractivity contribution is 5.29. The van der Waals surface area contributed by atoms with Crippen molar-refractivity contribution in [1.29, 1.82) is 0 Å². The van der Waals surface area contributed by atoms with Gasteiger partial charge in [0.05, 0.1) is 6.54 Å². The van der Waals surface area contributed by atoms with Crippen molar-refractivity contribution in [2.75, 3.05) is 0 Å². The number of hydrogen-bond donors (Lipinski definition) is 1. The molecule has 0 amide bonds. The van der Waals surface area contributed by atoms with Crippen LogP contribution in [0.15, 0.2) is 36.7 Å². The molecular weight excluding hydrogens is 295 g/mol. The minimum atomic E-state index is -4.66. The van der Waals surface area contributed by atoms with Gasteiger partial charge in [-0.1, -0.05) is 12.1 Å². The second kappa shape index (κ2) is 6.83. The molecule has 0 bridgehead atoms. The van der Waals surface area contributed by atoms with E-state index in [1.165, 1.54) is 12.1 Å². The van der Waals surface area contributed by atoms with E-state index in [1.54, 1.807) is 18.3 Å². The molecule has 1 aromatic heterocycles. The lowest BCUT2D eigenvalue weighted by Gasteiger charge is -2.15. The number of halogens is 3. The van der Waals surface area contributed by atoms with Crippen LogP contribution in [-0.2, 0) is 13.1 Å². The summed E-state index contributed by atoms with van der Waals surface area (Å²) in [5.41, 5.74) is 0.879. The van der Waals surface area contributed by atoms with Gasteiger partial charge in [0.25, 0.3) is 0 Å². The number of benzene rings is 1. The van der Waals surface area contributed by atoms with Crippen molar-refractivity contribution in [2.24, 2.45) is 0 Å². The van der Waals surface area contributed by atoms with Gasteiger partial charge in [0.2, 0.25) is 0 Å². The summed E-state index contributed by atoms with van der Waals surface area (Å²) in [5, 5.41) is 3.30. The van der Waals surface area contributed by atoms with E-state index in [1.807, 2.05) is 24.6 Å². The Labute approximate surface area is 126 Å². The van der Waals surface area contributed by atoms with Gasteiger partial charge in [0.15, 0.2) is 0 Å². The Morgan fingerprint density at radius 3 is 2.55 bits per heavy atom. The third-order valence-corrected chi connectivity index (χ3v) is 3.32. The van der Waals surface area contributed by atoms with E-state index in [4.69, 9.17) is 0 Å². The second-order valence-corrected chi connectivity index (χ2v) is 4.85. The highest BCUT2D eigenvalue weighted by Gasteiger charge is 2.30. The quantitative estimate of drug-likeness (QED) is 0.885. The molecule has 22 heavy (non-hydrogen) atoms. The maximum absolute atomic E-state index is 12.1. The van der Waals surface area contributed by atoms with E-state index in [0.717, 1.165) is 17.9 Å². The monoisotopic (exact) mass is 313 g/mol. The van der Waals surface area contributed by atoms with Crippen molar-refractivity contribution in [3.05, 3.63) is 48.0 Å². The predicted octanol–water partition coefficient (Wildman–Crippen LogP) is 3.65. The molecule has 0 aliphatic heterocycles. The highest BCUT2D eigenvalue weighted by atomic mass is 19.4. The largest absolute Gasteiger partial charge is 0.573 e. The molecule has 2 aromatic rings. The SMILES string of the molecule is CCn1ccnc1CN[C@@H](C)c1ccc(OC(F)(F)F)cc1. The first-order chi connectivity index (χ1) is 10.4. The lowest BCUT2D eigenvalue weighted by atomic mass is 10.1. The predicted molar refractivity (Wildman–Crippen MR) is 76.3 cm³/mol. The van der Waals surface area contributed by atoms with Gasteiger partial charge in [-0.3, -0.25) is 0 Å². The third-order valence-electron chi connectivity index (χ3n) is 3.32. The Balaban J connectivity index is 1.94. The first-order valence-corrected chi connectivity index (χ1v) is 6.98. The van der Waals surface area contributed by atoms with Gasteiger partial charge in [0.1, 0.15) is 11.6 Å². The van der Waals surface area contributed by atoms with E-state index in [2.05, 4.69) is 15.0 Å². The van der Waals surface area contributed by atoms with Crippen LogP contribution in [0.4, 0.5) is 13.2 Å². The number of nitrogens with zero attached hydrogens (tertiary/aromatic N) is 2. The molecule has 1 aromatic carbocycles. The van der Waals surface area contributed by atoms with Gasteiger partial charge >= 0.3 is 6.36 Å². The van der Waals surface area contributed by atoms with Gasteiger partial charge in [-0.15, -0.1) is 13.2 Å². The molecule has 1 atom stereocenters. The van der Waals surface area contributed by atoms with Crippen LogP contribution in [0.1, 0.15) is 31.3 Å². The van der Waals surface area contributed by atoms with Crippen LogP contribution in [-0.4, -0.2) is 15.9 Å². The molecule has 0 aliphatic rings. The zero-order chi connectivity index (χ0) is 16.2. The zero-order valence-corrected chi connectivity index (χ0v) is 12.4. The van der Waals surface area contributed by atoms with Crippen LogP contribution in [0.2, 0.25) is 0 Å². The minimum absolute atomic E-state index is 0.0121. The molecule has 0 unspecified atom stereocenters. The Hall–Kier alpha value is -2.02. The number of ether oxygens (including phenoxy) is 1. The van der Waals surface area contributed by atoms with E-state index >= 15 is 0 Å². The van der Waals surface area contributed by atoms with Gasteiger partial charge in [-0.2, -0.15) is 0 Å². The molecule has 0 radical (unpaired) electrons. The molecule has 2 rings (SSSR count). The first kappa shape index (κ1) is 16.4. The van der Waals surface area contributed by atoms with E-state index in [9.17, 15) is 13.2 Å². The molecule has 0 saturated carbocycles. The van der Waals surface area contributed by atoms with E-state index < -0.39 is 6.36 Å². The summed E-state index contributed by atoms with van der Waals surface area (Å²) in [5.74, 6) is 0.705. The Morgan fingerprint density at radius 2 is 1.95 bits per heavy atom. The summed E-state index contributed by atoms with van der Waals surface area (Å²) in [7, 11) is 0. The van der Waals surface area contributed by atoms with E-state index in [0.29, 0.717) is 6.54 Å². The number of nitrogens with one attached hydrogen (secondary N) is 1. The average molecular weight is 313 g/mol. The molecule has 4 nitrogen and oxygen atoms in total. The number of imidazole rings is 1. The second-order valence-electron chi connectivity index (χ2n) is 4.85. The average Bonchev–Trinajstić information content (AvgIpc) is 2.91. The summed E-state index contributed by atoms with van der Waals surface area (Å²) in [4.78, 5) is 4.26. The molecular formula is C15H18F3N3O. The molecule has 0 fully saturated rings. The highest BCUT2D eigenvalue weighted by Crippen LogP contribution is 2.24. The van der Waals surface area contributed by atoms with Gasteiger partial charge in [-0.25, -0.2) is 4.98 Å². The third kappa shape index (κ3) is 4.49. The number of aryl methyl sites for hydroxylation is 1. The molecule has 0 saturated heterocycles. The van der Waals surface area contributed by atoms with Crippen molar-refractivity contribution < 1.29 is 17.9 Å². The van der Waals surface area contributed by atoms with Gasteiger partial charge in [0, 0.05) is 25.0 Å². The topological polar surface area (TPSA) is 39.1 Å². The van der Waals surface area contributed by atoms with Crippen molar-refractivity contribution in [1.82, 2.24) is 14.9 Å². The lowest BCUT2D eigenvalue weighted by Crippen LogP contribution is -2.21. The van der Waals surface area contributed by atoms with Crippen LogP contribution in [0.25, 0.3) is 0 Å². The smallest absolute Gasteiger partial charge is 0.406 e. The number of alkyl halides is 3. The summed E-state index contributed by atoms with van der Waals surface area (Å²) >= 11 is 0. The zero-order valence-electron chi connectivity index (χ0n) is 12.4.